The number of methoxy groups -OCH3 is 2. The molecule has 1 aromatic carbocycles. The maximum Gasteiger partial charge on any atom is 0.220 e. The molecular formula is C13H20N2O3. The van der Waals surface area contributed by atoms with Crippen molar-refractivity contribution in [3.8, 4) is 0 Å². The van der Waals surface area contributed by atoms with Crippen LogP contribution in [0.2, 0.25) is 0 Å². The highest BCUT2D eigenvalue weighted by molar-refractivity contribution is 5.76. The summed E-state index contributed by atoms with van der Waals surface area (Å²) in [4.78, 5) is 11.6. The minimum atomic E-state index is -0.398. The van der Waals surface area contributed by atoms with Crippen LogP contribution in [0, 0.1) is 0 Å². The third-order valence-electron chi connectivity index (χ3n) is 2.61. The standard InChI is InChI=1S/C13H20N2O3/c1-17-13(18-2)9-15-12(16)8-5-10-3-6-11(14)7-4-10/h3-4,6-7,13H,5,8-9,14H2,1-2H3,(H,15,16). The molecule has 5 nitrogen and oxygen atoms in total. The third kappa shape index (κ3) is 5.16. The largest absolute Gasteiger partial charge is 0.399 e. The fourth-order valence-electron chi connectivity index (χ4n) is 1.49. The van der Waals surface area contributed by atoms with E-state index in [1.165, 1.54) is 14.2 Å². The number of carbonyl (C=O) groups excluding carboxylic acids is 1. The first-order chi connectivity index (χ1) is 8.65. The van der Waals surface area contributed by atoms with Gasteiger partial charge in [0.1, 0.15) is 0 Å². The molecule has 5 heteroatoms. The Kier molecular flexibility index (Phi) is 6.18. The highest BCUT2D eigenvalue weighted by Gasteiger charge is 2.07. The minimum Gasteiger partial charge on any atom is -0.399 e. The van der Waals surface area contributed by atoms with Gasteiger partial charge in [0.15, 0.2) is 6.29 Å². The second kappa shape index (κ2) is 7.68. The molecule has 0 unspecified atom stereocenters. The summed E-state index contributed by atoms with van der Waals surface area (Å²) >= 11 is 0. The SMILES string of the molecule is COC(CNC(=O)CCc1ccc(N)cc1)OC. The van der Waals surface area contributed by atoms with Crippen LogP contribution in [0.5, 0.6) is 0 Å². The Bertz CT molecular complexity index is 361. The fourth-order valence-corrected chi connectivity index (χ4v) is 1.49. The normalized spacial score (nSPS) is 10.6. The van der Waals surface area contributed by atoms with E-state index in [1.54, 1.807) is 0 Å². The first-order valence-electron chi connectivity index (χ1n) is 5.82. The number of nitrogens with one attached hydrogen (secondary N) is 1. The van der Waals surface area contributed by atoms with E-state index < -0.39 is 6.29 Å². The molecule has 0 radical (unpaired) electrons. The van der Waals surface area contributed by atoms with Crippen LogP contribution < -0.4 is 11.1 Å². The van der Waals surface area contributed by atoms with Crippen molar-refractivity contribution >= 4 is 11.6 Å². The average Bonchev–Trinajstić information content (AvgIpc) is 2.39. The minimum absolute atomic E-state index is 0.0223. The molecule has 3 N–H and O–H groups in total. The first-order valence-corrected chi connectivity index (χ1v) is 5.82. The molecule has 1 amide bonds. The van der Waals surface area contributed by atoms with E-state index >= 15 is 0 Å². The van der Waals surface area contributed by atoms with Crippen LogP contribution in [-0.4, -0.2) is 33.0 Å². The van der Waals surface area contributed by atoms with E-state index in [0.717, 1.165) is 11.3 Å². The lowest BCUT2D eigenvalue weighted by Crippen LogP contribution is -2.34. The van der Waals surface area contributed by atoms with Crippen molar-refractivity contribution < 1.29 is 14.3 Å². The summed E-state index contributed by atoms with van der Waals surface area (Å²) in [5.41, 5.74) is 7.41. The average molecular weight is 252 g/mol. The number of aryl methyl sites for hydroxylation is 1. The number of benzene rings is 1. The van der Waals surface area contributed by atoms with E-state index in [0.29, 0.717) is 19.4 Å². The Morgan fingerprint density at radius 3 is 2.44 bits per heavy atom. The zero-order valence-corrected chi connectivity index (χ0v) is 10.8. The van der Waals surface area contributed by atoms with Crippen molar-refractivity contribution in [2.24, 2.45) is 0 Å². The van der Waals surface area contributed by atoms with Gasteiger partial charge >= 0.3 is 0 Å². The lowest BCUT2D eigenvalue weighted by molar-refractivity contribution is -0.127. The Morgan fingerprint density at radius 1 is 1.28 bits per heavy atom. The Hall–Kier alpha value is -1.59. The quantitative estimate of drug-likeness (QED) is 0.559. The first kappa shape index (κ1) is 14.5. The lowest BCUT2D eigenvalue weighted by Gasteiger charge is -2.13. The molecule has 0 spiro atoms. The molecule has 1 aromatic rings. The summed E-state index contributed by atoms with van der Waals surface area (Å²) in [6, 6.07) is 7.52. The summed E-state index contributed by atoms with van der Waals surface area (Å²) in [5, 5.41) is 2.75. The maximum absolute atomic E-state index is 11.6. The molecule has 0 aliphatic rings. The number of ether oxygens (including phenoxy) is 2. The van der Waals surface area contributed by atoms with Gasteiger partial charge < -0.3 is 20.5 Å². The predicted octanol–water partition coefficient (Wildman–Crippen LogP) is 0.936. The summed E-state index contributed by atoms with van der Waals surface area (Å²) in [6.45, 7) is 0.355. The van der Waals surface area contributed by atoms with Gasteiger partial charge in [-0.05, 0) is 24.1 Å². The highest BCUT2D eigenvalue weighted by Crippen LogP contribution is 2.07. The Morgan fingerprint density at radius 2 is 1.89 bits per heavy atom. The highest BCUT2D eigenvalue weighted by atomic mass is 16.7. The van der Waals surface area contributed by atoms with Crippen LogP contribution in [0.4, 0.5) is 5.69 Å². The van der Waals surface area contributed by atoms with Gasteiger partial charge in [0.25, 0.3) is 0 Å². The van der Waals surface area contributed by atoms with E-state index in [1.807, 2.05) is 24.3 Å². The predicted molar refractivity (Wildman–Crippen MR) is 70.0 cm³/mol. The molecule has 18 heavy (non-hydrogen) atoms. The molecule has 1 rings (SSSR count). The van der Waals surface area contributed by atoms with Crippen molar-refractivity contribution in [1.29, 1.82) is 0 Å². The monoisotopic (exact) mass is 252 g/mol. The molecule has 0 fully saturated rings. The van der Waals surface area contributed by atoms with Gasteiger partial charge in [0.05, 0.1) is 6.54 Å². The number of hydrogen-bond acceptors (Lipinski definition) is 4. The zero-order valence-electron chi connectivity index (χ0n) is 10.8. The molecule has 0 aromatic heterocycles. The Balaban J connectivity index is 2.26. The van der Waals surface area contributed by atoms with Crippen LogP contribution >= 0.6 is 0 Å². The number of nitrogens with two attached hydrogens (primary N) is 1. The molecule has 0 saturated heterocycles. The second-order valence-electron chi connectivity index (χ2n) is 3.95. The molecule has 0 heterocycles. The lowest BCUT2D eigenvalue weighted by atomic mass is 10.1. The summed E-state index contributed by atoms with van der Waals surface area (Å²) in [6.07, 6.45) is 0.728. The summed E-state index contributed by atoms with van der Waals surface area (Å²) < 4.78 is 9.95. The van der Waals surface area contributed by atoms with Gasteiger partial charge in [-0.25, -0.2) is 0 Å². The molecular weight excluding hydrogens is 232 g/mol. The van der Waals surface area contributed by atoms with Crippen LogP contribution in [0.3, 0.4) is 0 Å². The summed E-state index contributed by atoms with van der Waals surface area (Å²) in [7, 11) is 3.07. The van der Waals surface area contributed by atoms with E-state index in [4.69, 9.17) is 15.2 Å². The summed E-state index contributed by atoms with van der Waals surface area (Å²) in [5.74, 6) is -0.0223. The number of anilines is 1. The number of nitrogen functional groups attached to an aromatic ring is 1. The van der Waals surface area contributed by atoms with Crippen LogP contribution in [-0.2, 0) is 20.7 Å². The molecule has 0 atom stereocenters. The number of amides is 1. The van der Waals surface area contributed by atoms with E-state index in [9.17, 15) is 4.79 Å². The fraction of sp³-hybridized carbons (Fsp3) is 0.462. The van der Waals surface area contributed by atoms with Crippen LogP contribution in [0.25, 0.3) is 0 Å². The molecule has 0 aliphatic carbocycles. The van der Waals surface area contributed by atoms with Gasteiger partial charge in [-0.1, -0.05) is 12.1 Å². The molecule has 100 valence electrons. The van der Waals surface area contributed by atoms with Crippen molar-refractivity contribution in [2.75, 3.05) is 26.5 Å². The van der Waals surface area contributed by atoms with Crippen molar-refractivity contribution in [3.05, 3.63) is 29.8 Å². The van der Waals surface area contributed by atoms with Gasteiger partial charge in [-0.2, -0.15) is 0 Å². The van der Waals surface area contributed by atoms with Gasteiger partial charge in [0, 0.05) is 26.3 Å². The molecule has 0 saturated carbocycles. The van der Waals surface area contributed by atoms with Crippen molar-refractivity contribution in [3.63, 3.8) is 0 Å². The van der Waals surface area contributed by atoms with Crippen molar-refractivity contribution in [1.82, 2.24) is 5.32 Å². The van der Waals surface area contributed by atoms with E-state index in [2.05, 4.69) is 5.32 Å². The smallest absolute Gasteiger partial charge is 0.220 e. The number of carbonyl (C=O) groups is 1. The number of hydrogen-bond donors (Lipinski definition) is 2. The molecule has 0 bridgehead atoms. The zero-order chi connectivity index (χ0) is 13.4. The van der Waals surface area contributed by atoms with Crippen LogP contribution in [0.1, 0.15) is 12.0 Å². The number of rotatable bonds is 7. The maximum atomic E-state index is 11.6. The topological polar surface area (TPSA) is 73.6 Å². The Labute approximate surface area is 107 Å². The van der Waals surface area contributed by atoms with Crippen molar-refractivity contribution in [2.45, 2.75) is 19.1 Å². The van der Waals surface area contributed by atoms with Gasteiger partial charge in [0.2, 0.25) is 5.91 Å². The van der Waals surface area contributed by atoms with Gasteiger partial charge in [-0.3, -0.25) is 4.79 Å². The second-order valence-corrected chi connectivity index (χ2v) is 3.95. The van der Waals surface area contributed by atoms with Crippen LogP contribution in [0.15, 0.2) is 24.3 Å². The third-order valence-corrected chi connectivity index (χ3v) is 2.61. The molecule has 0 aliphatic heterocycles. The van der Waals surface area contributed by atoms with Gasteiger partial charge in [-0.15, -0.1) is 0 Å². The van der Waals surface area contributed by atoms with E-state index in [-0.39, 0.29) is 5.91 Å².